The molecule has 24 heavy (non-hydrogen) atoms. The molecular weight excluding hydrogens is 302 g/mol. The summed E-state index contributed by atoms with van der Waals surface area (Å²) in [6.45, 7) is 3.10. The van der Waals surface area contributed by atoms with E-state index in [9.17, 15) is 9.59 Å². The number of primary amides is 1. The second-order valence-corrected chi connectivity index (χ2v) is 6.94. The van der Waals surface area contributed by atoms with Crippen LogP contribution in [0.5, 0.6) is 0 Å². The third kappa shape index (κ3) is 3.78. The molecule has 0 spiro atoms. The van der Waals surface area contributed by atoms with Crippen LogP contribution in [-0.4, -0.2) is 47.8 Å². The number of hydrogen-bond acceptors (Lipinski definition) is 3. The normalized spacial score (nSPS) is 23.7. The molecule has 2 amide bonds. The maximum atomic E-state index is 13.2. The topological polar surface area (TPSA) is 66.6 Å². The molecule has 1 aromatic carbocycles. The second-order valence-electron chi connectivity index (χ2n) is 6.94. The summed E-state index contributed by atoms with van der Waals surface area (Å²) in [5.41, 5.74) is 6.54. The van der Waals surface area contributed by atoms with Gasteiger partial charge in [0.1, 0.15) is 6.04 Å². The number of likely N-dealkylation sites (tertiary alicyclic amines) is 2. The van der Waals surface area contributed by atoms with E-state index in [0.29, 0.717) is 6.54 Å². The molecule has 5 nitrogen and oxygen atoms in total. The fraction of sp³-hybridized carbons (Fsp3) is 0.579. The minimum absolute atomic E-state index is 0.154. The third-order valence-corrected chi connectivity index (χ3v) is 5.24. The van der Waals surface area contributed by atoms with Gasteiger partial charge in [-0.1, -0.05) is 30.3 Å². The van der Waals surface area contributed by atoms with Gasteiger partial charge in [-0.25, -0.2) is 0 Å². The van der Waals surface area contributed by atoms with Gasteiger partial charge in [-0.2, -0.15) is 0 Å². The molecule has 2 saturated heterocycles. The number of carbonyl (C=O) groups excluding carboxylic acids is 2. The van der Waals surface area contributed by atoms with Crippen LogP contribution < -0.4 is 5.73 Å². The number of nitrogens with zero attached hydrogens (tertiary/aromatic N) is 2. The molecule has 0 aromatic heterocycles. The zero-order valence-electron chi connectivity index (χ0n) is 14.2. The van der Waals surface area contributed by atoms with E-state index in [4.69, 9.17) is 5.73 Å². The summed E-state index contributed by atoms with van der Waals surface area (Å²) in [5.74, 6) is -0.234. The van der Waals surface area contributed by atoms with Gasteiger partial charge in [0.15, 0.2) is 0 Å². The highest BCUT2D eigenvalue weighted by atomic mass is 16.2. The lowest BCUT2D eigenvalue weighted by Crippen LogP contribution is -2.49. The van der Waals surface area contributed by atoms with Gasteiger partial charge in [0.25, 0.3) is 0 Å². The van der Waals surface area contributed by atoms with Crippen LogP contribution in [0.1, 0.15) is 43.7 Å². The molecule has 1 aromatic rings. The molecule has 5 heteroatoms. The lowest BCUT2D eigenvalue weighted by atomic mass is 9.93. The number of rotatable bonds is 4. The van der Waals surface area contributed by atoms with Crippen molar-refractivity contribution < 1.29 is 9.59 Å². The summed E-state index contributed by atoms with van der Waals surface area (Å²) in [6.07, 6.45) is 5.09. The third-order valence-electron chi connectivity index (χ3n) is 5.24. The quantitative estimate of drug-likeness (QED) is 0.918. The fourth-order valence-corrected chi connectivity index (χ4v) is 3.91. The summed E-state index contributed by atoms with van der Waals surface area (Å²) < 4.78 is 0. The van der Waals surface area contributed by atoms with E-state index in [0.717, 1.165) is 50.9 Å². The first-order valence-electron chi connectivity index (χ1n) is 9.04. The Hall–Kier alpha value is -1.88. The van der Waals surface area contributed by atoms with Crippen LogP contribution in [0.2, 0.25) is 0 Å². The molecule has 2 fully saturated rings. The fourth-order valence-electron chi connectivity index (χ4n) is 3.91. The van der Waals surface area contributed by atoms with Crippen LogP contribution in [-0.2, 0) is 9.59 Å². The van der Waals surface area contributed by atoms with Crippen LogP contribution >= 0.6 is 0 Å². The molecule has 2 heterocycles. The summed E-state index contributed by atoms with van der Waals surface area (Å²) in [4.78, 5) is 29.0. The molecular formula is C19H27N3O2. The molecule has 0 radical (unpaired) electrons. The Morgan fingerprint density at radius 1 is 1.00 bits per heavy atom. The Morgan fingerprint density at radius 2 is 1.71 bits per heavy atom. The minimum atomic E-state index is -0.300. The van der Waals surface area contributed by atoms with Crippen molar-refractivity contribution in [3.63, 3.8) is 0 Å². The maximum Gasteiger partial charge on any atom is 0.244 e. The summed E-state index contributed by atoms with van der Waals surface area (Å²) in [6, 6.07) is 9.64. The summed E-state index contributed by atoms with van der Waals surface area (Å²) >= 11 is 0. The van der Waals surface area contributed by atoms with E-state index < -0.39 is 0 Å². The van der Waals surface area contributed by atoms with Gasteiger partial charge >= 0.3 is 0 Å². The van der Waals surface area contributed by atoms with Crippen molar-refractivity contribution in [3.8, 4) is 0 Å². The Kier molecular flexibility index (Phi) is 5.51. The lowest BCUT2D eigenvalue weighted by molar-refractivity contribution is -0.140. The van der Waals surface area contributed by atoms with Crippen molar-refractivity contribution in [2.45, 2.75) is 38.1 Å². The Bertz CT molecular complexity index is 569. The number of piperidine rings is 2. The van der Waals surface area contributed by atoms with E-state index >= 15 is 0 Å². The SMILES string of the molecule is NC(=O)[C@H]1CCCN([C@H](C(=O)N2CCCCC2)c2ccccc2)C1. The number of hydrogen-bond donors (Lipinski definition) is 1. The molecule has 130 valence electrons. The minimum Gasteiger partial charge on any atom is -0.369 e. The van der Waals surface area contributed by atoms with Crippen molar-refractivity contribution in [2.24, 2.45) is 11.7 Å². The maximum absolute atomic E-state index is 13.2. The molecule has 0 unspecified atom stereocenters. The largest absolute Gasteiger partial charge is 0.369 e. The van der Waals surface area contributed by atoms with Crippen LogP contribution in [0.4, 0.5) is 0 Å². The highest BCUT2D eigenvalue weighted by Gasteiger charge is 2.35. The second kappa shape index (κ2) is 7.79. The van der Waals surface area contributed by atoms with Gasteiger partial charge in [-0.3, -0.25) is 14.5 Å². The summed E-state index contributed by atoms with van der Waals surface area (Å²) in [7, 11) is 0. The predicted molar refractivity (Wildman–Crippen MR) is 93.1 cm³/mol. The van der Waals surface area contributed by atoms with E-state index in [2.05, 4.69) is 4.90 Å². The Balaban J connectivity index is 1.84. The van der Waals surface area contributed by atoms with Crippen molar-refractivity contribution in [1.82, 2.24) is 9.80 Å². The highest BCUT2D eigenvalue weighted by molar-refractivity contribution is 5.83. The van der Waals surface area contributed by atoms with E-state index in [1.54, 1.807) is 0 Å². The molecule has 2 atom stereocenters. The molecule has 0 saturated carbocycles. The number of benzene rings is 1. The van der Waals surface area contributed by atoms with Gasteiger partial charge < -0.3 is 10.6 Å². The molecule has 2 aliphatic rings. The predicted octanol–water partition coefficient (Wildman–Crippen LogP) is 1.94. The van der Waals surface area contributed by atoms with Crippen molar-refractivity contribution in [2.75, 3.05) is 26.2 Å². The summed E-state index contributed by atoms with van der Waals surface area (Å²) in [5, 5.41) is 0. The zero-order valence-corrected chi connectivity index (χ0v) is 14.2. The lowest BCUT2D eigenvalue weighted by Gasteiger charge is -2.39. The Labute approximate surface area is 143 Å². The first-order chi connectivity index (χ1) is 11.7. The van der Waals surface area contributed by atoms with Gasteiger partial charge in [0.05, 0.1) is 5.92 Å². The van der Waals surface area contributed by atoms with Crippen LogP contribution in [0.15, 0.2) is 30.3 Å². The monoisotopic (exact) mass is 329 g/mol. The van der Waals surface area contributed by atoms with Gasteiger partial charge in [0, 0.05) is 19.6 Å². The van der Waals surface area contributed by atoms with E-state index in [1.165, 1.54) is 6.42 Å². The van der Waals surface area contributed by atoms with Crippen molar-refractivity contribution in [3.05, 3.63) is 35.9 Å². The first-order valence-corrected chi connectivity index (χ1v) is 9.04. The smallest absolute Gasteiger partial charge is 0.244 e. The van der Waals surface area contributed by atoms with Gasteiger partial charge in [0.2, 0.25) is 11.8 Å². The van der Waals surface area contributed by atoms with Gasteiger partial charge in [-0.05, 0) is 44.2 Å². The zero-order chi connectivity index (χ0) is 16.9. The molecule has 3 rings (SSSR count). The highest BCUT2D eigenvalue weighted by Crippen LogP contribution is 2.29. The van der Waals surface area contributed by atoms with Crippen molar-refractivity contribution in [1.29, 1.82) is 0 Å². The van der Waals surface area contributed by atoms with Crippen LogP contribution in [0.25, 0.3) is 0 Å². The Morgan fingerprint density at radius 3 is 2.38 bits per heavy atom. The van der Waals surface area contributed by atoms with E-state index in [-0.39, 0.29) is 23.8 Å². The number of carbonyl (C=O) groups is 2. The molecule has 2 aliphatic heterocycles. The number of nitrogens with two attached hydrogens (primary N) is 1. The molecule has 2 N–H and O–H groups in total. The van der Waals surface area contributed by atoms with Gasteiger partial charge in [-0.15, -0.1) is 0 Å². The average Bonchev–Trinajstić information content (AvgIpc) is 2.64. The first kappa shape index (κ1) is 17.0. The molecule has 0 bridgehead atoms. The van der Waals surface area contributed by atoms with Crippen LogP contribution in [0, 0.1) is 5.92 Å². The molecule has 0 aliphatic carbocycles. The number of amides is 2. The standard InChI is InChI=1S/C19H27N3O2/c20-18(23)16-10-7-13-22(14-16)17(15-8-3-1-4-9-15)19(24)21-11-5-2-6-12-21/h1,3-4,8-9,16-17H,2,5-7,10-14H2,(H2,20,23)/t16-,17-/m0/s1. The average molecular weight is 329 g/mol. The van der Waals surface area contributed by atoms with Crippen LogP contribution in [0.3, 0.4) is 0 Å². The van der Waals surface area contributed by atoms with E-state index in [1.807, 2.05) is 35.2 Å². The van der Waals surface area contributed by atoms with Crippen molar-refractivity contribution >= 4 is 11.8 Å².